The number of carbonyl (C=O) groups is 1. The van der Waals surface area contributed by atoms with Gasteiger partial charge in [0.15, 0.2) is 0 Å². The fraction of sp³-hybridized carbons (Fsp3) is 0.667. The summed E-state index contributed by atoms with van der Waals surface area (Å²) in [7, 11) is 0. The molecule has 0 aromatic carbocycles. The first kappa shape index (κ1) is 12.5. The number of nitrogens with zero attached hydrogens (tertiary/aromatic N) is 1. The van der Waals surface area contributed by atoms with Gasteiger partial charge in [0.25, 0.3) is 0 Å². The smallest absolute Gasteiger partial charge is 0.320 e. The molecule has 0 spiro atoms. The van der Waals surface area contributed by atoms with Crippen molar-refractivity contribution in [3.05, 3.63) is 0 Å². The van der Waals surface area contributed by atoms with Crippen molar-refractivity contribution in [3.8, 4) is 6.07 Å². The molecule has 1 atom stereocenters. The topological polar surface area (TPSA) is 113 Å². The van der Waals surface area contributed by atoms with Crippen LogP contribution in [0.15, 0.2) is 0 Å². The summed E-state index contributed by atoms with van der Waals surface area (Å²) in [6.07, 6.45) is 0.472. The average Bonchev–Trinajstić information content (AvgIpc) is 1.90. The summed E-state index contributed by atoms with van der Waals surface area (Å²) in [4.78, 5) is 9.57. The van der Waals surface area contributed by atoms with Crippen LogP contribution in [-0.2, 0) is 4.79 Å². The van der Waals surface area contributed by atoms with Gasteiger partial charge >= 0.3 is 5.97 Å². The van der Waals surface area contributed by atoms with Crippen molar-refractivity contribution in [3.63, 3.8) is 0 Å². The fourth-order valence-corrected chi connectivity index (χ4v) is 0.0645. The summed E-state index contributed by atoms with van der Waals surface area (Å²) < 4.78 is 0. The summed E-state index contributed by atoms with van der Waals surface area (Å²) >= 11 is 0. The zero-order valence-electron chi connectivity index (χ0n) is 6.45. The minimum absolute atomic E-state index is 0.472. The number of hydrogen-bond donors (Lipinski definition) is 3. The molecular formula is C6H13N3O2. The van der Waals surface area contributed by atoms with Crippen LogP contribution < -0.4 is 11.5 Å². The van der Waals surface area contributed by atoms with Gasteiger partial charge in [0.2, 0.25) is 0 Å². The molecule has 0 aliphatic heterocycles. The van der Waals surface area contributed by atoms with E-state index in [-0.39, 0.29) is 0 Å². The number of nitriles is 1. The molecule has 0 saturated heterocycles. The molecule has 0 aromatic rings. The van der Waals surface area contributed by atoms with Crippen molar-refractivity contribution in [2.24, 2.45) is 11.5 Å². The third-order valence-electron chi connectivity index (χ3n) is 0.646. The maximum absolute atomic E-state index is 9.57. The van der Waals surface area contributed by atoms with Crippen molar-refractivity contribution >= 4 is 5.97 Å². The minimum Gasteiger partial charge on any atom is -0.480 e. The lowest BCUT2D eigenvalue weighted by atomic mass is 10.4. The Labute approximate surface area is 65.6 Å². The largest absolute Gasteiger partial charge is 0.480 e. The number of aliphatic carboxylic acids is 1. The first-order valence-corrected chi connectivity index (χ1v) is 3.11. The van der Waals surface area contributed by atoms with E-state index >= 15 is 0 Å². The summed E-state index contributed by atoms with van der Waals surface area (Å²) in [6, 6.07) is 1.16. The molecule has 5 nitrogen and oxygen atoms in total. The zero-order valence-corrected chi connectivity index (χ0v) is 6.45. The lowest BCUT2D eigenvalue weighted by molar-refractivity contribution is -0.138. The quantitative estimate of drug-likeness (QED) is 0.492. The van der Waals surface area contributed by atoms with E-state index in [1.54, 1.807) is 0 Å². The number of carboxylic acid groups (broad SMARTS) is 1. The van der Waals surface area contributed by atoms with Crippen molar-refractivity contribution in [1.82, 2.24) is 0 Å². The molecule has 0 aromatic heterocycles. The van der Waals surface area contributed by atoms with Crippen molar-refractivity contribution in [1.29, 1.82) is 5.26 Å². The Hall–Kier alpha value is -1.12. The van der Waals surface area contributed by atoms with E-state index in [2.05, 4.69) is 0 Å². The van der Waals surface area contributed by atoms with Gasteiger partial charge in [0, 0.05) is 13.0 Å². The summed E-state index contributed by atoms with van der Waals surface area (Å²) in [5, 5.41) is 15.6. The standard InChI is InChI=1S/C3H6N2.C3H7NO2/c4-2-1-3-5;1-2(4)3(5)6/h1-2,4H2;2H,4H2,1H3,(H,5,6)/t;2-/m.0/s1. The van der Waals surface area contributed by atoms with Gasteiger partial charge in [0.1, 0.15) is 6.04 Å². The van der Waals surface area contributed by atoms with E-state index in [1.165, 1.54) is 6.92 Å². The Kier molecular flexibility index (Phi) is 10.1. The Morgan fingerprint density at radius 3 is 2.18 bits per heavy atom. The molecule has 0 aliphatic rings. The molecule has 11 heavy (non-hydrogen) atoms. The number of carboxylic acids is 1. The summed E-state index contributed by atoms with van der Waals surface area (Å²) in [5.74, 6) is -0.963. The Morgan fingerprint density at radius 1 is 1.82 bits per heavy atom. The van der Waals surface area contributed by atoms with Gasteiger partial charge < -0.3 is 16.6 Å². The summed E-state index contributed by atoms with van der Waals surface area (Å²) in [5.41, 5.74) is 9.75. The molecule has 0 bridgehead atoms. The lowest BCUT2D eigenvalue weighted by Gasteiger charge is -1.90. The van der Waals surface area contributed by atoms with Gasteiger partial charge in [-0.25, -0.2) is 0 Å². The molecule has 0 amide bonds. The van der Waals surface area contributed by atoms with Crippen LogP contribution in [0.3, 0.4) is 0 Å². The normalized spacial score (nSPS) is 10.4. The van der Waals surface area contributed by atoms with Gasteiger partial charge in [0.05, 0.1) is 6.07 Å². The van der Waals surface area contributed by atoms with E-state index < -0.39 is 12.0 Å². The van der Waals surface area contributed by atoms with Crippen LogP contribution >= 0.6 is 0 Å². The Balaban J connectivity index is 0. The van der Waals surface area contributed by atoms with Crippen molar-refractivity contribution in [2.75, 3.05) is 6.54 Å². The molecule has 0 heterocycles. The molecule has 5 N–H and O–H groups in total. The number of rotatable bonds is 2. The third-order valence-corrected chi connectivity index (χ3v) is 0.646. The van der Waals surface area contributed by atoms with Crippen LogP contribution in [0.25, 0.3) is 0 Å². The van der Waals surface area contributed by atoms with Crippen LogP contribution in [0.4, 0.5) is 0 Å². The van der Waals surface area contributed by atoms with E-state index in [9.17, 15) is 4.79 Å². The molecule has 0 rings (SSSR count). The van der Waals surface area contributed by atoms with Crippen molar-refractivity contribution in [2.45, 2.75) is 19.4 Å². The molecule has 0 radical (unpaired) electrons. The number of nitrogens with two attached hydrogens (primary N) is 2. The highest BCUT2D eigenvalue weighted by Gasteiger charge is 1.99. The second-order valence-corrected chi connectivity index (χ2v) is 1.82. The van der Waals surface area contributed by atoms with Crippen LogP contribution in [-0.4, -0.2) is 23.7 Å². The first-order valence-electron chi connectivity index (χ1n) is 3.11. The molecular weight excluding hydrogens is 146 g/mol. The highest BCUT2D eigenvalue weighted by atomic mass is 16.4. The van der Waals surface area contributed by atoms with E-state index in [1.807, 2.05) is 6.07 Å². The lowest BCUT2D eigenvalue weighted by Crippen LogP contribution is -2.25. The minimum atomic E-state index is -0.963. The Morgan fingerprint density at radius 2 is 2.18 bits per heavy atom. The van der Waals surface area contributed by atoms with Crippen LogP contribution in [0.5, 0.6) is 0 Å². The molecule has 64 valence electrons. The van der Waals surface area contributed by atoms with Crippen molar-refractivity contribution < 1.29 is 9.90 Å². The zero-order chi connectivity index (χ0) is 9.28. The number of hydrogen-bond acceptors (Lipinski definition) is 4. The predicted octanol–water partition coefficient (Wildman–Crippen LogP) is -0.723. The van der Waals surface area contributed by atoms with E-state index in [4.69, 9.17) is 21.8 Å². The van der Waals surface area contributed by atoms with Crippen LogP contribution in [0.1, 0.15) is 13.3 Å². The SMILES string of the molecule is C[C@H](N)C(=O)O.N#CCCN. The molecule has 0 saturated carbocycles. The molecule has 0 fully saturated rings. The maximum atomic E-state index is 9.57. The monoisotopic (exact) mass is 159 g/mol. The second kappa shape index (κ2) is 8.88. The first-order chi connectivity index (χ1) is 5.06. The Bertz CT molecular complexity index is 139. The second-order valence-electron chi connectivity index (χ2n) is 1.82. The van der Waals surface area contributed by atoms with Gasteiger partial charge in [-0.2, -0.15) is 5.26 Å². The van der Waals surface area contributed by atoms with Crippen LogP contribution in [0, 0.1) is 11.3 Å². The fourth-order valence-electron chi connectivity index (χ4n) is 0.0645. The van der Waals surface area contributed by atoms with Crippen LogP contribution in [0.2, 0.25) is 0 Å². The van der Waals surface area contributed by atoms with Gasteiger partial charge in [-0.1, -0.05) is 0 Å². The van der Waals surface area contributed by atoms with Gasteiger partial charge in [-0.05, 0) is 6.92 Å². The van der Waals surface area contributed by atoms with E-state index in [0.29, 0.717) is 13.0 Å². The molecule has 5 heteroatoms. The van der Waals surface area contributed by atoms with Gasteiger partial charge in [-0.15, -0.1) is 0 Å². The van der Waals surface area contributed by atoms with Gasteiger partial charge in [-0.3, -0.25) is 4.79 Å². The van der Waals surface area contributed by atoms with E-state index in [0.717, 1.165) is 0 Å². The predicted molar refractivity (Wildman–Crippen MR) is 40.6 cm³/mol. The average molecular weight is 159 g/mol. The molecule has 0 aliphatic carbocycles. The molecule has 0 unspecified atom stereocenters. The highest BCUT2D eigenvalue weighted by Crippen LogP contribution is 1.68. The highest BCUT2D eigenvalue weighted by molar-refractivity contribution is 5.72. The maximum Gasteiger partial charge on any atom is 0.320 e. The summed E-state index contributed by atoms with van der Waals surface area (Å²) in [6.45, 7) is 1.90. The third kappa shape index (κ3) is 17.7.